The highest BCUT2D eigenvalue weighted by molar-refractivity contribution is 5.89. The normalized spacial score (nSPS) is 11.3. The Morgan fingerprint density at radius 3 is 1.09 bits per heavy atom. The van der Waals surface area contributed by atoms with Gasteiger partial charge in [-0.05, 0) is 93.7 Å². The van der Waals surface area contributed by atoms with E-state index in [9.17, 15) is 9.59 Å². The number of carbonyl (C=O) groups excluding carboxylic acids is 2. The predicted molar refractivity (Wildman–Crippen MR) is 228 cm³/mol. The van der Waals surface area contributed by atoms with Crippen LogP contribution in [0.2, 0.25) is 0 Å². The Balaban J connectivity index is 1.86. The molecule has 0 saturated carbocycles. The van der Waals surface area contributed by atoms with E-state index in [4.69, 9.17) is 0 Å². The van der Waals surface area contributed by atoms with Crippen molar-refractivity contribution in [3.8, 4) is 0 Å². The molecule has 0 spiro atoms. The van der Waals surface area contributed by atoms with Crippen molar-refractivity contribution >= 4 is 23.4 Å². The fraction of sp³-hybridized carbons (Fsp3) is 0.689. The summed E-state index contributed by atoms with van der Waals surface area (Å²) in [5.74, 6) is 0. The first-order chi connectivity index (χ1) is 26.0. The molecule has 300 valence electrons. The molecule has 0 atom stereocenters. The topological polar surface area (TPSA) is 88.7 Å². The molecule has 0 saturated heterocycles. The second-order valence-corrected chi connectivity index (χ2v) is 15.0. The van der Waals surface area contributed by atoms with Gasteiger partial charge in [-0.2, -0.15) is 0 Å². The van der Waals surface area contributed by atoms with Gasteiger partial charge in [0.15, 0.2) is 0 Å². The standard InChI is InChI=1S/C45H78N6O2/c1-5-9-13-17-21-31-50(32-22-18-14-10-6-2)38-46-44(52)48-42-29-25-27-40(36-42)35-41-28-26-30-43(37-41)49-45(53)47-39-51(33-23-19-15-11-7-3)34-24-20-16-12-8-4/h25-30,36-37H,5-24,31-35,38-39H2,1-4H3,(H2,46,48,52)(H2,47,49,53). The number of hydrogen-bond acceptors (Lipinski definition) is 4. The van der Waals surface area contributed by atoms with Gasteiger partial charge in [0.05, 0.1) is 13.3 Å². The summed E-state index contributed by atoms with van der Waals surface area (Å²) in [5.41, 5.74) is 3.75. The van der Waals surface area contributed by atoms with E-state index in [0.29, 0.717) is 19.8 Å². The van der Waals surface area contributed by atoms with Gasteiger partial charge in [-0.3, -0.25) is 9.80 Å². The second-order valence-electron chi connectivity index (χ2n) is 15.0. The minimum Gasteiger partial charge on any atom is -0.325 e. The summed E-state index contributed by atoms with van der Waals surface area (Å²) in [7, 11) is 0. The summed E-state index contributed by atoms with van der Waals surface area (Å²) in [6.45, 7) is 14.2. The van der Waals surface area contributed by atoms with Gasteiger partial charge in [-0.15, -0.1) is 0 Å². The third-order valence-corrected chi connectivity index (χ3v) is 10.0. The van der Waals surface area contributed by atoms with Crippen LogP contribution in [-0.2, 0) is 6.42 Å². The summed E-state index contributed by atoms with van der Waals surface area (Å²) in [5, 5.41) is 12.3. The maximum Gasteiger partial charge on any atom is 0.320 e. The van der Waals surface area contributed by atoms with Gasteiger partial charge in [0, 0.05) is 11.4 Å². The molecule has 8 heteroatoms. The van der Waals surface area contributed by atoms with E-state index in [1.165, 1.54) is 128 Å². The number of carbonyl (C=O) groups is 2. The van der Waals surface area contributed by atoms with Crippen LogP contribution in [0.4, 0.5) is 21.0 Å². The van der Waals surface area contributed by atoms with Crippen molar-refractivity contribution in [2.45, 2.75) is 163 Å². The van der Waals surface area contributed by atoms with Crippen molar-refractivity contribution < 1.29 is 9.59 Å². The van der Waals surface area contributed by atoms with Gasteiger partial charge in [-0.1, -0.05) is 155 Å². The highest BCUT2D eigenvalue weighted by Gasteiger charge is 2.11. The van der Waals surface area contributed by atoms with E-state index in [-0.39, 0.29) is 12.1 Å². The van der Waals surface area contributed by atoms with Crippen LogP contribution in [-0.4, -0.2) is 61.4 Å². The molecule has 0 bridgehead atoms. The number of anilines is 2. The minimum absolute atomic E-state index is 0.173. The van der Waals surface area contributed by atoms with Gasteiger partial charge in [-0.25, -0.2) is 9.59 Å². The largest absolute Gasteiger partial charge is 0.325 e. The number of unbranched alkanes of at least 4 members (excludes halogenated alkanes) is 16. The number of benzene rings is 2. The zero-order chi connectivity index (χ0) is 38.2. The Hall–Kier alpha value is -3.10. The molecule has 2 aromatic carbocycles. The third kappa shape index (κ3) is 24.0. The fourth-order valence-corrected chi connectivity index (χ4v) is 6.77. The number of urea groups is 2. The van der Waals surface area contributed by atoms with Crippen molar-refractivity contribution in [1.82, 2.24) is 20.4 Å². The van der Waals surface area contributed by atoms with Gasteiger partial charge in [0.1, 0.15) is 0 Å². The van der Waals surface area contributed by atoms with Crippen molar-refractivity contribution in [2.24, 2.45) is 0 Å². The van der Waals surface area contributed by atoms with Crippen LogP contribution in [0.15, 0.2) is 48.5 Å². The molecule has 53 heavy (non-hydrogen) atoms. The zero-order valence-corrected chi connectivity index (χ0v) is 34.4. The maximum atomic E-state index is 12.9. The van der Waals surface area contributed by atoms with Crippen LogP contribution in [0, 0.1) is 0 Å². The Bertz CT molecular complexity index is 1090. The monoisotopic (exact) mass is 735 g/mol. The number of amides is 4. The van der Waals surface area contributed by atoms with Gasteiger partial charge in [0.2, 0.25) is 0 Å². The first-order valence-corrected chi connectivity index (χ1v) is 21.7. The molecule has 4 N–H and O–H groups in total. The average molecular weight is 735 g/mol. The lowest BCUT2D eigenvalue weighted by molar-refractivity contribution is 0.223. The number of rotatable bonds is 32. The lowest BCUT2D eigenvalue weighted by Crippen LogP contribution is -2.40. The van der Waals surface area contributed by atoms with Crippen molar-refractivity contribution in [3.05, 3.63) is 59.7 Å². The van der Waals surface area contributed by atoms with Crippen molar-refractivity contribution in [1.29, 1.82) is 0 Å². The number of nitrogens with one attached hydrogen (secondary N) is 4. The first-order valence-electron chi connectivity index (χ1n) is 21.7. The lowest BCUT2D eigenvalue weighted by atomic mass is 10.0. The van der Waals surface area contributed by atoms with E-state index in [0.717, 1.165) is 48.7 Å². The van der Waals surface area contributed by atoms with Crippen molar-refractivity contribution in [2.75, 3.05) is 50.1 Å². The molecule has 2 rings (SSSR count). The van der Waals surface area contributed by atoms with E-state index in [1.54, 1.807) is 0 Å². The van der Waals surface area contributed by atoms with Crippen LogP contribution in [0.1, 0.15) is 167 Å². The van der Waals surface area contributed by atoms with Crippen LogP contribution in [0.25, 0.3) is 0 Å². The Kier molecular flexibility index (Phi) is 27.2. The highest BCUT2D eigenvalue weighted by atomic mass is 16.2. The maximum absolute atomic E-state index is 12.9. The molecule has 0 aliphatic carbocycles. The smallest absolute Gasteiger partial charge is 0.320 e. The summed E-state index contributed by atoms with van der Waals surface area (Å²) >= 11 is 0. The molecule has 0 aliphatic rings. The molecule has 0 aliphatic heterocycles. The summed E-state index contributed by atoms with van der Waals surface area (Å²) < 4.78 is 0. The van der Waals surface area contributed by atoms with E-state index in [2.05, 4.69) is 70.9 Å². The van der Waals surface area contributed by atoms with Crippen LogP contribution < -0.4 is 21.3 Å². The molecule has 8 nitrogen and oxygen atoms in total. The van der Waals surface area contributed by atoms with Gasteiger partial charge >= 0.3 is 12.1 Å². The molecule has 0 heterocycles. The summed E-state index contributed by atoms with van der Waals surface area (Å²) in [6, 6.07) is 15.7. The van der Waals surface area contributed by atoms with E-state index in [1.807, 2.05) is 36.4 Å². The SMILES string of the molecule is CCCCCCCN(CCCCCCC)CNC(=O)Nc1cccc(Cc2cccc(NC(=O)NCN(CCCCCCC)CCCCCCC)c2)c1. The van der Waals surface area contributed by atoms with Crippen LogP contribution in [0.5, 0.6) is 0 Å². The van der Waals surface area contributed by atoms with Gasteiger partial charge < -0.3 is 21.3 Å². The number of hydrogen-bond donors (Lipinski definition) is 4. The number of nitrogens with zero attached hydrogens (tertiary/aromatic N) is 2. The molecule has 0 radical (unpaired) electrons. The highest BCUT2D eigenvalue weighted by Crippen LogP contribution is 2.18. The summed E-state index contributed by atoms with van der Waals surface area (Å²) in [6.07, 6.45) is 25.8. The average Bonchev–Trinajstić information content (AvgIpc) is 3.15. The third-order valence-electron chi connectivity index (χ3n) is 10.0. The Morgan fingerprint density at radius 1 is 0.453 bits per heavy atom. The fourth-order valence-electron chi connectivity index (χ4n) is 6.77. The van der Waals surface area contributed by atoms with Crippen LogP contribution >= 0.6 is 0 Å². The summed E-state index contributed by atoms with van der Waals surface area (Å²) in [4.78, 5) is 30.7. The molecule has 0 aromatic heterocycles. The Labute approximate surface area is 325 Å². The first kappa shape index (κ1) is 46.1. The quantitative estimate of drug-likeness (QED) is 0.0445. The lowest BCUT2D eigenvalue weighted by Gasteiger charge is -2.23. The van der Waals surface area contributed by atoms with Crippen LogP contribution in [0.3, 0.4) is 0 Å². The van der Waals surface area contributed by atoms with Gasteiger partial charge in [0.25, 0.3) is 0 Å². The molecule has 4 amide bonds. The second kappa shape index (κ2) is 31.3. The van der Waals surface area contributed by atoms with E-state index >= 15 is 0 Å². The predicted octanol–water partition coefficient (Wildman–Crippen LogP) is 11.9. The minimum atomic E-state index is -0.173. The Morgan fingerprint density at radius 2 is 0.774 bits per heavy atom. The molecule has 0 unspecified atom stereocenters. The zero-order valence-electron chi connectivity index (χ0n) is 34.4. The van der Waals surface area contributed by atoms with E-state index < -0.39 is 0 Å². The molecular weight excluding hydrogens is 657 g/mol. The molecular formula is C45H78N6O2. The van der Waals surface area contributed by atoms with Crippen molar-refractivity contribution in [3.63, 3.8) is 0 Å². The molecule has 0 fully saturated rings. The molecule has 2 aromatic rings.